The van der Waals surface area contributed by atoms with Gasteiger partial charge in [0, 0.05) is 17.9 Å². The number of carbonyl (C=O) groups is 2. The third kappa shape index (κ3) is 4.67. The molecule has 0 saturated carbocycles. The Balaban J connectivity index is 1.52. The number of carbonyl (C=O) groups excluding carboxylic acids is 2. The number of ether oxygens (including phenoxy) is 1. The van der Waals surface area contributed by atoms with Gasteiger partial charge in [0.2, 0.25) is 0 Å². The van der Waals surface area contributed by atoms with E-state index in [0.717, 1.165) is 24.2 Å². The third-order valence-electron chi connectivity index (χ3n) is 4.86. The molecule has 3 aromatic carbocycles. The Kier molecular flexibility index (Phi) is 6.06. The first-order chi connectivity index (χ1) is 14.7. The van der Waals surface area contributed by atoms with Gasteiger partial charge in [-0.05, 0) is 55.3 Å². The Bertz CT molecular complexity index is 963. The van der Waals surface area contributed by atoms with Crippen LogP contribution in [0.25, 0.3) is 0 Å². The highest BCUT2D eigenvalue weighted by molar-refractivity contribution is 5.99. The van der Waals surface area contributed by atoms with E-state index in [1.165, 1.54) is 0 Å². The highest BCUT2D eigenvalue weighted by Gasteiger charge is 2.23. The third-order valence-corrected chi connectivity index (χ3v) is 4.86. The molecular formula is C24H23N3O3. The molecule has 152 valence electrons. The van der Waals surface area contributed by atoms with Crippen molar-refractivity contribution < 1.29 is 14.3 Å². The van der Waals surface area contributed by atoms with Gasteiger partial charge in [-0.25, -0.2) is 0 Å². The van der Waals surface area contributed by atoms with E-state index in [0.29, 0.717) is 17.9 Å². The first-order valence-corrected chi connectivity index (χ1v) is 9.94. The second-order valence-corrected chi connectivity index (χ2v) is 7.02. The summed E-state index contributed by atoms with van der Waals surface area (Å²) in [6.07, 6.45) is 1.18. The van der Waals surface area contributed by atoms with Crippen LogP contribution in [0.2, 0.25) is 0 Å². The fourth-order valence-corrected chi connectivity index (χ4v) is 3.34. The van der Waals surface area contributed by atoms with Gasteiger partial charge in [-0.3, -0.25) is 20.0 Å². The monoisotopic (exact) mass is 401 g/mol. The van der Waals surface area contributed by atoms with Crippen molar-refractivity contribution in [3.63, 3.8) is 0 Å². The number of amides is 2. The molecule has 30 heavy (non-hydrogen) atoms. The fourth-order valence-electron chi connectivity index (χ4n) is 3.34. The lowest BCUT2D eigenvalue weighted by atomic mass is 10.1. The molecule has 1 aliphatic rings. The highest BCUT2D eigenvalue weighted by Crippen LogP contribution is 2.23. The molecule has 1 atom stereocenters. The second-order valence-electron chi connectivity index (χ2n) is 7.02. The van der Waals surface area contributed by atoms with Crippen LogP contribution >= 0.6 is 0 Å². The first kappa shape index (κ1) is 19.7. The minimum absolute atomic E-state index is 0.180. The molecule has 0 aromatic heterocycles. The zero-order valence-electron chi connectivity index (χ0n) is 16.5. The summed E-state index contributed by atoms with van der Waals surface area (Å²) >= 11 is 0. The maximum atomic E-state index is 13.0. The minimum atomic E-state index is -0.422. The molecule has 6 nitrogen and oxygen atoms in total. The molecule has 0 spiro atoms. The zero-order chi connectivity index (χ0) is 20.8. The molecule has 1 saturated heterocycles. The Labute approximate surface area is 175 Å². The molecule has 2 N–H and O–H groups in total. The Morgan fingerprint density at radius 3 is 2.13 bits per heavy atom. The second kappa shape index (κ2) is 9.24. The molecule has 0 bridgehead atoms. The van der Waals surface area contributed by atoms with E-state index in [-0.39, 0.29) is 11.8 Å². The number of nitrogens with zero attached hydrogens (tertiary/aromatic N) is 1. The van der Waals surface area contributed by atoms with Crippen molar-refractivity contribution in [1.82, 2.24) is 5.43 Å². The largest absolute Gasteiger partial charge is 0.368 e. The van der Waals surface area contributed by atoms with Gasteiger partial charge in [0.15, 0.2) is 0 Å². The number of benzene rings is 3. The normalized spacial score (nSPS) is 15.4. The summed E-state index contributed by atoms with van der Waals surface area (Å²) in [4.78, 5) is 25.3. The lowest BCUT2D eigenvalue weighted by Gasteiger charge is -2.25. The van der Waals surface area contributed by atoms with Crippen molar-refractivity contribution in [2.24, 2.45) is 0 Å². The van der Waals surface area contributed by atoms with Gasteiger partial charge in [-0.1, -0.05) is 42.5 Å². The molecule has 6 heteroatoms. The van der Waals surface area contributed by atoms with Crippen LogP contribution in [0.1, 0.15) is 23.2 Å². The molecule has 4 rings (SSSR count). The predicted molar refractivity (Wildman–Crippen MR) is 117 cm³/mol. The van der Waals surface area contributed by atoms with E-state index in [2.05, 4.69) is 10.7 Å². The molecule has 2 amide bonds. The van der Waals surface area contributed by atoms with E-state index in [4.69, 9.17) is 4.74 Å². The number of nitrogens with one attached hydrogen (secondary N) is 2. The highest BCUT2D eigenvalue weighted by atomic mass is 16.5. The predicted octanol–water partition coefficient (Wildman–Crippen LogP) is 4.29. The van der Waals surface area contributed by atoms with Crippen LogP contribution in [-0.2, 0) is 9.53 Å². The lowest BCUT2D eigenvalue weighted by Crippen LogP contribution is -2.39. The summed E-state index contributed by atoms with van der Waals surface area (Å²) < 4.78 is 5.42. The molecular weight excluding hydrogens is 378 g/mol. The number of rotatable bonds is 6. The van der Waals surface area contributed by atoms with Crippen molar-refractivity contribution in [3.8, 4) is 0 Å². The number of hydrogen-bond acceptors (Lipinski definition) is 4. The summed E-state index contributed by atoms with van der Waals surface area (Å²) in [6.45, 7) is 0.606. The van der Waals surface area contributed by atoms with Gasteiger partial charge in [0.1, 0.15) is 6.10 Å². The zero-order valence-corrected chi connectivity index (χ0v) is 16.5. The van der Waals surface area contributed by atoms with Crippen LogP contribution in [0.3, 0.4) is 0 Å². The van der Waals surface area contributed by atoms with Crippen molar-refractivity contribution in [2.45, 2.75) is 18.9 Å². The standard InChI is InChI=1S/C24H23N3O3/c28-23(18-9-7-10-19(17-18)25-24(29)22-15-8-16-30-22)26-27(20-11-3-1-4-12-20)21-13-5-2-6-14-21/h1-7,9-14,17,22H,8,15-16H2,(H,25,29)(H,26,28)/t22-/m0/s1. The van der Waals surface area contributed by atoms with Crippen LogP contribution in [0.15, 0.2) is 84.9 Å². The molecule has 3 aromatic rings. The van der Waals surface area contributed by atoms with Crippen molar-refractivity contribution >= 4 is 28.9 Å². The number of para-hydroxylation sites is 2. The van der Waals surface area contributed by atoms with Gasteiger partial charge in [-0.15, -0.1) is 0 Å². The Hall–Kier alpha value is -3.64. The van der Waals surface area contributed by atoms with E-state index in [1.807, 2.05) is 60.7 Å². The van der Waals surface area contributed by atoms with Crippen LogP contribution < -0.4 is 15.8 Å². The average molecular weight is 401 g/mol. The molecule has 1 fully saturated rings. The summed E-state index contributed by atoms with van der Waals surface area (Å²) in [5.41, 5.74) is 5.63. The van der Waals surface area contributed by atoms with Gasteiger partial charge in [0.25, 0.3) is 11.8 Å². The van der Waals surface area contributed by atoms with Crippen LogP contribution in [0.5, 0.6) is 0 Å². The summed E-state index contributed by atoms with van der Waals surface area (Å²) in [5, 5.41) is 4.57. The van der Waals surface area contributed by atoms with Crippen LogP contribution in [0, 0.1) is 0 Å². The minimum Gasteiger partial charge on any atom is -0.368 e. The van der Waals surface area contributed by atoms with Crippen LogP contribution in [-0.4, -0.2) is 24.5 Å². The van der Waals surface area contributed by atoms with Crippen molar-refractivity contribution in [3.05, 3.63) is 90.5 Å². The topological polar surface area (TPSA) is 70.7 Å². The number of anilines is 3. The SMILES string of the molecule is O=C(NN(c1ccccc1)c1ccccc1)c1cccc(NC(=O)[C@@H]2CCCO2)c1. The van der Waals surface area contributed by atoms with Crippen molar-refractivity contribution in [1.29, 1.82) is 0 Å². The summed E-state index contributed by atoms with van der Waals surface area (Å²) in [7, 11) is 0. The first-order valence-electron chi connectivity index (χ1n) is 9.94. The Morgan fingerprint density at radius 1 is 0.867 bits per heavy atom. The van der Waals surface area contributed by atoms with Gasteiger partial charge in [0.05, 0.1) is 11.4 Å². The smallest absolute Gasteiger partial charge is 0.270 e. The van der Waals surface area contributed by atoms with E-state index >= 15 is 0 Å². The summed E-state index contributed by atoms with van der Waals surface area (Å²) in [5.74, 6) is -0.462. The lowest BCUT2D eigenvalue weighted by molar-refractivity contribution is -0.124. The maximum absolute atomic E-state index is 13.0. The van der Waals surface area contributed by atoms with E-state index < -0.39 is 6.10 Å². The molecule has 0 aliphatic carbocycles. The van der Waals surface area contributed by atoms with Gasteiger partial charge >= 0.3 is 0 Å². The average Bonchev–Trinajstić information content (AvgIpc) is 3.34. The van der Waals surface area contributed by atoms with Gasteiger partial charge in [-0.2, -0.15) is 0 Å². The molecule has 0 radical (unpaired) electrons. The summed E-state index contributed by atoms with van der Waals surface area (Å²) in [6, 6.07) is 26.1. The number of hydrazine groups is 1. The molecule has 1 aliphatic heterocycles. The van der Waals surface area contributed by atoms with E-state index in [1.54, 1.807) is 29.3 Å². The fraction of sp³-hybridized carbons (Fsp3) is 0.167. The number of hydrogen-bond donors (Lipinski definition) is 2. The Morgan fingerprint density at radius 2 is 1.53 bits per heavy atom. The maximum Gasteiger partial charge on any atom is 0.270 e. The van der Waals surface area contributed by atoms with Crippen molar-refractivity contribution in [2.75, 3.05) is 16.9 Å². The van der Waals surface area contributed by atoms with Crippen LogP contribution in [0.4, 0.5) is 17.1 Å². The molecule has 1 heterocycles. The quantitative estimate of drug-likeness (QED) is 0.605. The molecule has 0 unspecified atom stereocenters. The van der Waals surface area contributed by atoms with E-state index in [9.17, 15) is 9.59 Å². The van der Waals surface area contributed by atoms with Gasteiger partial charge < -0.3 is 10.1 Å².